The molecule has 82 valence electrons. The quantitative estimate of drug-likeness (QED) is 0.435. The molecule has 0 spiro atoms. The Bertz CT molecular complexity index is 350. The van der Waals surface area contributed by atoms with Crippen LogP contribution in [0.15, 0.2) is 33.8 Å². The minimum absolute atomic E-state index is 0.0775. The van der Waals surface area contributed by atoms with Gasteiger partial charge in [0, 0.05) is 9.64 Å². The zero-order valence-corrected chi connectivity index (χ0v) is 10.1. The van der Waals surface area contributed by atoms with Crippen molar-refractivity contribution in [2.45, 2.75) is 36.8 Å². The molecule has 0 amide bonds. The second-order valence-corrected chi connectivity index (χ2v) is 5.72. The van der Waals surface area contributed by atoms with Crippen molar-refractivity contribution >= 4 is 18.0 Å². The first-order chi connectivity index (χ1) is 7.05. The number of hydrogen-bond donors (Lipinski definition) is 0. The minimum Gasteiger partial charge on any atom is -0.468 e. The molecule has 0 aromatic carbocycles. The average molecular weight is 224 g/mol. The highest BCUT2D eigenvalue weighted by atomic mass is 32.2. The van der Waals surface area contributed by atoms with Gasteiger partial charge in [-0.25, -0.2) is 0 Å². The van der Waals surface area contributed by atoms with Crippen molar-refractivity contribution < 1.29 is 9.21 Å². The van der Waals surface area contributed by atoms with Gasteiger partial charge in [-0.2, -0.15) is 0 Å². The molecule has 0 aliphatic heterocycles. The van der Waals surface area contributed by atoms with Crippen LogP contribution >= 0.6 is 11.8 Å². The molecule has 0 bridgehead atoms. The summed E-state index contributed by atoms with van der Waals surface area (Å²) < 4.78 is 5.32. The molecule has 1 rings (SSSR count). The van der Waals surface area contributed by atoms with Crippen molar-refractivity contribution in [1.82, 2.24) is 0 Å². The predicted molar refractivity (Wildman–Crippen MR) is 63.2 cm³/mol. The number of furan rings is 1. The van der Waals surface area contributed by atoms with E-state index >= 15 is 0 Å². The smallest absolute Gasteiger partial charge is 0.142 e. The van der Waals surface area contributed by atoms with Crippen molar-refractivity contribution in [2.75, 3.05) is 0 Å². The van der Waals surface area contributed by atoms with Crippen LogP contribution < -0.4 is 0 Å². The third-order valence-corrected chi connectivity index (χ3v) is 3.38. The van der Waals surface area contributed by atoms with E-state index < -0.39 is 0 Å². The second kappa shape index (κ2) is 5.21. The Hall–Kier alpha value is -0.960. The fraction of sp³-hybridized carbons (Fsp3) is 0.417. The number of rotatable bonds is 5. The van der Waals surface area contributed by atoms with Crippen molar-refractivity contribution in [1.29, 1.82) is 0 Å². The van der Waals surface area contributed by atoms with E-state index in [1.807, 2.05) is 19.1 Å². The van der Waals surface area contributed by atoms with Gasteiger partial charge >= 0.3 is 0 Å². The molecule has 1 heterocycles. The number of hydrogen-bond acceptors (Lipinski definition) is 3. The van der Waals surface area contributed by atoms with Gasteiger partial charge in [-0.15, -0.1) is 11.8 Å². The van der Waals surface area contributed by atoms with Crippen LogP contribution in [0.25, 0.3) is 0 Å². The Morgan fingerprint density at radius 3 is 2.80 bits per heavy atom. The minimum atomic E-state index is 0.0775. The molecule has 1 aromatic heterocycles. The summed E-state index contributed by atoms with van der Waals surface area (Å²) in [6.07, 6.45) is 6.82. The lowest BCUT2D eigenvalue weighted by Gasteiger charge is -2.21. The molecule has 15 heavy (non-hydrogen) atoms. The summed E-state index contributed by atoms with van der Waals surface area (Å²) in [6, 6.07) is 1.98. The van der Waals surface area contributed by atoms with Crippen molar-refractivity contribution in [3.8, 4) is 0 Å². The molecule has 0 aliphatic carbocycles. The fourth-order valence-electron chi connectivity index (χ4n) is 1.23. The van der Waals surface area contributed by atoms with Gasteiger partial charge in [-0.05, 0) is 25.5 Å². The summed E-state index contributed by atoms with van der Waals surface area (Å²) in [7, 11) is 0. The van der Waals surface area contributed by atoms with E-state index in [1.165, 1.54) is 4.90 Å². The van der Waals surface area contributed by atoms with Gasteiger partial charge in [0.1, 0.15) is 12.0 Å². The molecule has 0 unspecified atom stereocenters. The number of carbonyl (C=O) groups excluding carboxylic acids is 1. The number of thioether (sulfide) groups is 1. The van der Waals surface area contributed by atoms with Gasteiger partial charge in [-0.3, -0.25) is 4.79 Å². The first kappa shape index (κ1) is 12.1. The van der Waals surface area contributed by atoms with Crippen LogP contribution in [-0.2, 0) is 4.79 Å². The first-order valence-electron chi connectivity index (χ1n) is 4.88. The third kappa shape index (κ3) is 3.96. The lowest BCUT2D eigenvalue weighted by molar-refractivity contribution is -0.104. The SMILES string of the molecule is Cc1occc1SC(C)(C)C/C=C/C=O. The van der Waals surface area contributed by atoms with Crippen LogP contribution in [0.2, 0.25) is 0 Å². The van der Waals surface area contributed by atoms with Crippen LogP contribution in [0.3, 0.4) is 0 Å². The maximum absolute atomic E-state index is 10.2. The van der Waals surface area contributed by atoms with Gasteiger partial charge in [0.05, 0.1) is 6.26 Å². The largest absolute Gasteiger partial charge is 0.468 e. The summed E-state index contributed by atoms with van der Waals surface area (Å²) in [5.74, 6) is 0.951. The summed E-state index contributed by atoms with van der Waals surface area (Å²) >= 11 is 1.77. The molecular weight excluding hydrogens is 208 g/mol. The molecule has 0 radical (unpaired) electrons. The van der Waals surface area contributed by atoms with Crippen molar-refractivity contribution in [3.05, 3.63) is 30.2 Å². The van der Waals surface area contributed by atoms with Crippen molar-refractivity contribution in [3.63, 3.8) is 0 Å². The fourth-order valence-corrected chi connectivity index (χ4v) is 2.32. The van der Waals surface area contributed by atoms with E-state index in [9.17, 15) is 4.79 Å². The molecule has 0 aliphatic rings. The van der Waals surface area contributed by atoms with Crippen LogP contribution in [0.4, 0.5) is 0 Å². The molecule has 0 N–H and O–H groups in total. The van der Waals surface area contributed by atoms with Crippen LogP contribution in [0.5, 0.6) is 0 Å². The maximum Gasteiger partial charge on any atom is 0.142 e. The van der Waals surface area contributed by atoms with E-state index in [0.29, 0.717) is 0 Å². The Morgan fingerprint density at radius 2 is 2.27 bits per heavy atom. The number of allylic oxidation sites excluding steroid dienone is 2. The van der Waals surface area contributed by atoms with Gasteiger partial charge in [0.25, 0.3) is 0 Å². The van der Waals surface area contributed by atoms with E-state index in [1.54, 1.807) is 24.1 Å². The molecule has 1 aromatic rings. The molecule has 0 fully saturated rings. The normalized spacial score (nSPS) is 12.2. The lowest BCUT2D eigenvalue weighted by Crippen LogP contribution is -2.12. The number of aryl methyl sites for hydroxylation is 1. The van der Waals surface area contributed by atoms with Gasteiger partial charge in [-0.1, -0.05) is 19.9 Å². The third-order valence-electron chi connectivity index (χ3n) is 2.02. The number of aldehydes is 1. The van der Waals surface area contributed by atoms with Crippen LogP contribution in [-0.4, -0.2) is 11.0 Å². The van der Waals surface area contributed by atoms with Crippen LogP contribution in [0, 0.1) is 6.92 Å². The summed E-state index contributed by atoms with van der Waals surface area (Å²) in [5, 5.41) is 0. The maximum atomic E-state index is 10.2. The molecular formula is C12H16O2S. The van der Waals surface area contributed by atoms with Gasteiger partial charge < -0.3 is 4.42 Å². The second-order valence-electron chi connectivity index (χ2n) is 3.97. The molecule has 0 saturated heterocycles. The Morgan fingerprint density at radius 1 is 1.53 bits per heavy atom. The Labute approximate surface area is 94.7 Å². The highest BCUT2D eigenvalue weighted by Gasteiger charge is 2.19. The summed E-state index contributed by atoms with van der Waals surface area (Å²) in [6.45, 7) is 6.26. The standard InChI is InChI=1S/C12H16O2S/c1-10-11(6-9-14-10)15-12(2,3)7-4-5-8-13/h4-6,8-9H,7H2,1-3H3/b5-4+. The summed E-state index contributed by atoms with van der Waals surface area (Å²) in [4.78, 5) is 11.3. The topological polar surface area (TPSA) is 30.2 Å². The van der Waals surface area contributed by atoms with Gasteiger partial charge in [0.2, 0.25) is 0 Å². The van der Waals surface area contributed by atoms with E-state index in [4.69, 9.17) is 4.42 Å². The zero-order valence-electron chi connectivity index (χ0n) is 9.32. The Kier molecular flexibility index (Phi) is 4.21. The van der Waals surface area contributed by atoms with E-state index in [-0.39, 0.29) is 4.75 Å². The lowest BCUT2D eigenvalue weighted by atomic mass is 10.1. The van der Waals surface area contributed by atoms with Crippen molar-refractivity contribution in [2.24, 2.45) is 0 Å². The monoisotopic (exact) mass is 224 g/mol. The van der Waals surface area contributed by atoms with E-state index in [0.717, 1.165) is 18.5 Å². The number of carbonyl (C=O) groups is 1. The molecule has 3 heteroatoms. The summed E-state index contributed by atoms with van der Waals surface area (Å²) in [5.41, 5.74) is 0. The van der Waals surface area contributed by atoms with Gasteiger partial charge in [0.15, 0.2) is 0 Å². The molecule has 0 atom stereocenters. The average Bonchev–Trinajstić information content (AvgIpc) is 2.51. The molecule has 2 nitrogen and oxygen atoms in total. The van der Waals surface area contributed by atoms with E-state index in [2.05, 4.69) is 13.8 Å². The van der Waals surface area contributed by atoms with Crippen LogP contribution in [0.1, 0.15) is 26.0 Å². The zero-order chi connectivity index (χ0) is 11.3. The highest BCUT2D eigenvalue weighted by Crippen LogP contribution is 2.37. The first-order valence-corrected chi connectivity index (χ1v) is 5.70. The highest BCUT2D eigenvalue weighted by molar-refractivity contribution is 8.00. The Balaban J connectivity index is 2.59. The predicted octanol–water partition coefficient (Wildman–Crippen LogP) is 3.60. The molecule has 0 saturated carbocycles.